The van der Waals surface area contributed by atoms with Crippen LogP contribution in [0.1, 0.15) is 36.5 Å². The number of benzene rings is 1. The maximum Gasteiger partial charge on any atom is 0.229 e. The van der Waals surface area contributed by atoms with Crippen LogP contribution in [0.25, 0.3) is 0 Å². The zero-order chi connectivity index (χ0) is 12.8. The summed E-state index contributed by atoms with van der Waals surface area (Å²) in [5.74, 6) is 1.72. The van der Waals surface area contributed by atoms with Crippen LogP contribution in [-0.2, 0) is 12.8 Å². The number of nitrogens with two attached hydrogens (primary N) is 1. The lowest BCUT2D eigenvalue weighted by Gasteiger charge is -2.01. The smallest absolute Gasteiger partial charge is 0.229 e. The highest BCUT2D eigenvalue weighted by molar-refractivity contribution is 5.15. The Balaban J connectivity index is 1.91. The molecule has 0 bridgehead atoms. The lowest BCUT2D eigenvalue weighted by molar-refractivity contribution is 0.350. The zero-order valence-electron chi connectivity index (χ0n) is 10.7. The molecule has 1 aromatic heterocycles. The second-order valence-corrected chi connectivity index (χ2v) is 4.51. The molecule has 4 nitrogen and oxygen atoms in total. The van der Waals surface area contributed by atoms with E-state index < -0.39 is 0 Å². The van der Waals surface area contributed by atoms with E-state index in [2.05, 4.69) is 29.2 Å². The molecule has 0 fully saturated rings. The van der Waals surface area contributed by atoms with E-state index in [9.17, 15) is 0 Å². The average Bonchev–Trinajstić information content (AvgIpc) is 2.87. The number of rotatable bonds is 6. The van der Waals surface area contributed by atoms with Gasteiger partial charge in [-0.2, -0.15) is 4.98 Å². The molecule has 0 aliphatic carbocycles. The Bertz CT molecular complexity index is 467. The predicted octanol–water partition coefficient (Wildman–Crippen LogP) is 2.31. The van der Waals surface area contributed by atoms with Crippen LogP contribution in [0.15, 0.2) is 34.9 Å². The van der Waals surface area contributed by atoms with Gasteiger partial charge in [0.1, 0.15) is 0 Å². The van der Waals surface area contributed by atoms with Crippen molar-refractivity contribution >= 4 is 0 Å². The molecule has 1 atom stereocenters. The minimum atomic E-state index is 0.243. The van der Waals surface area contributed by atoms with Gasteiger partial charge < -0.3 is 10.3 Å². The molecule has 2 rings (SSSR count). The molecule has 0 amide bonds. The predicted molar refractivity (Wildman–Crippen MR) is 70.2 cm³/mol. The van der Waals surface area contributed by atoms with Crippen molar-refractivity contribution in [1.29, 1.82) is 0 Å². The van der Waals surface area contributed by atoms with E-state index in [1.54, 1.807) is 0 Å². The Morgan fingerprint density at radius 3 is 2.72 bits per heavy atom. The summed E-state index contributed by atoms with van der Waals surface area (Å²) in [4.78, 5) is 4.41. The molecule has 1 aromatic carbocycles. The number of hydrogen-bond acceptors (Lipinski definition) is 4. The average molecular weight is 245 g/mol. The fourth-order valence-corrected chi connectivity index (χ4v) is 1.84. The van der Waals surface area contributed by atoms with Crippen molar-refractivity contribution in [2.45, 2.75) is 32.1 Å². The van der Waals surface area contributed by atoms with Crippen molar-refractivity contribution in [3.63, 3.8) is 0 Å². The van der Waals surface area contributed by atoms with E-state index in [1.807, 2.05) is 18.2 Å². The van der Waals surface area contributed by atoms with E-state index in [-0.39, 0.29) is 5.92 Å². The summed E-state index contributed by atoms with van der Waals surface area (Å²) in [5, 5.41) is 4.01. The largest absolute Gasteiger partial charge is 0.339 e. The van der Waals surface area contributed by atoms with Crippen LogP contribution in [-0.4, -0.2) is 16.7 Å². The third kappa shape index (κ3) is 3.40. The van der Waals surface area contributed by atoms with Crippen molar-refractivity contribution in [1.82, 2.24) is 10.1 Å². The van der Waals surface area contributed by atoms with Gasteiger partial charge >= 0.3 is 0 Å². The minimum absolute atomic E-state index is 0.243. The van der Waals surface area contributed by atoms with E-state index in [1.165, 1.54) is 5.56 Å². The van der Waals surface area contributed by atoms with Crippen LogP contribution in [0.3, 0.4) is 0 Å². The fraction of sp³-hybridized carbons (Fsp3) is 0.429. The molecule has 0 radical (unpaired) electrons. The van der Waals surface area contributed by atoms with Crippen molar-refractivity contribution in [2.75, 3.05) is 6.54 Å². The number of aryl methyl sites for hydroxylation is 2. The Morgan fingerprint density at radius 2 is 2.00 bits per heavy atom. The molecular weight excluding hydrogens is 226 g/mol. The molecule has 96 valence electrons. The van der Waals surface area contributed by atoms with Crippen LogP contribution < -0.4 is 5.73 Å². The lowest BCUT2D eigenvalue weighted by Crippen LogP contribution is -2.05. The van der Waals surface area contributed by atoms with Gasteiger partial charge in [0.25, 0.3) is 0 Å². The molecular formula is C14H19N3O. The number of aromatic nitrogens is 2. The zero-order valence-corrected chi connectivity index (χ0v) is 10.7. The van der Waals surface area contributed by atoms with Gasteiger partial charge in [-0.1, -0.05) is 42.4 Å². The van der Waals surface area contributed by atoms with Crippen LogP contribution in [0.2, 0.25) is 0 Å². The van der Waals surface area contributed by atoms with E-state index in [0.29, 0.717) is 12.4 Å². The quantitative estimate of drug-likeness (QED) is 0.848. The Kier molecular flexibility index (Phi) is 4.47. The summed E-state index contributed by atoms with van der Waals surface area (Å²) in [6.07, 6.45) is 2.62. The summed E-state index contributed by atoms with van der Waals surface area (Å²) in [6.45, 7) is 2.70. The lowest BCUT2D eigenvalue weighted by atomic mass is 10.1. The van der Waals surface area contributed by atoms with Gasteiger partial charge in [-0.25, -0.2) is 0 Å². The molecule has 1 unspecified atom stereocenters. The topological polar surface area (TPSA) is 64.9 Å². The molecule has 0 aliphatic heterocycles. The fourth-order valence-electron chi connectivity index (χ4n) is 1.84. The van der Waals surface area contributed by atoms with Crippen molar-refractivity contribution in [3.8, 4) is 0 Å². The van der Waals surface area contributed by atoms with Gasteiger partial charge in [0.05, 0.1) is 0 Å². The molecule has 1 heterocycles. The van der Waals surface area contributed by atoms with Gasteiger partial charge in [0.2, 0.25) is 5.89 Å². The summed E-state index contributed by atoms with van der Waals surface area (Å²) in [5.41, 5.74) is 6.81. The highest BCUT2D eigenvalue weighted by Crippen LogP contribution is 2.16. The first-order chi connectivity index (χ1) is 8.79. The number of nitrogens with zero attached hydrogens (tertiary/aromatic N) is 2. The van der Waals surface area contributed by atoms with Gasteiger partial charge in [0.15, 0.2) is 5.82 Å². The minimum Gasteiger partial charge on any atom is -0.339 e. The maximum absolute atomic E-state index is 5.52. The van der Waals surface area contributed by atoms with Crippen LogP contribution in [0.5, 0.6) is 0 Å². The van der Waals surface area contributed by atoms with Crippen LogP contribution >= 0.6 is 0 Å². The van der Waals surface area contributed by atoms with E-state index >= 15 is 0 Å². The van der Waals surface area contributed by atoms with Gasteiger partial charge in [0, 0.05) is 12.3 Å². The molecule has 0 spiro atoms. The van der Waals surface area contributed by atoms with Gasteiger partial charge in [-0.05, 0) is 24.9 Å². The monoisotopic (exact) mass is 245 g/mol. The molecule has 0 aliphatic rings. The highest BCUT2D eigenvalue weighted by Gasteiger charge is 2.13. The van der Waals surface area contributed by atoms with Crippen LogP contribution in [0, 0.1) is 0 Å². The van der Waals surface area contributed by atoms with E-state index in [0.717, 1.165) is 25.1 Å². The normalized spacial score (nSPS) is 12.6. The van der Waals surface area contributed by atoms with E-state index in [4.69, 9.17) is 10.3 Å². The summed E-state index contributed by atoms with van der Waals surface area (Å²) in [7, 11) is 0. The van der Waals surface area contributed by atoms with Gasteiger partial charge in [-0.15, -0.1) is 0 Å². The molecule has 18 heavy (non-hydrogen) atoms. The summed E-state index contributed by atoms with van der Waals surface area (Å²) in [6, 6.07) is 10.3. The molecule has 2 N–H and O–H groups in total. The first kappa shape index (κ1) is 12.8. The maximum atomic E-state index is 5.52. The SMILES string of the molecule is CC(CCN)c1nc(CCc2ccccc2)no1. The van der Waals surface area contributed by atoms with Crippen molar-refractivity contribution in [2.24, 2.45) is 5.73 Å². The third-order valence-electron chi connectivity index (χ3n) is 2.99. The Labute approximate surface area is 107 Å². The first-order valence-electron chi connectivity index (χ1n) is 6.36. The molecule has 4 heteroatoms. The van der Waals surface area contributed by atoms with Crippen molar-refractivity contribution in [3.05, 3.63) is 47.6 Å². The third-order valence-corrected chi connectivity index (χ3v) is 2.99. The standard InChI is InChI=1S/C14H19N3O/c1-11(9-10-15)14-16-13(17-18-14)8-7-12-5-3-2-4-6-12/h2-6,11H,7-10,15H2,1H3. The Hall–Kier alpha value is -1.68. The number of hydrogen-bond donors (Lipinski definition) is 1. The molecule has 0 saturated heterocycles. The Morgan fingerprint density at radius 1 is 1.22 bits per heavy atom. The molecule has 0 saturated carbocycles. The summed E-state index contributed by atoms with van der Waals surface area (Å²) >= 11 is 0. The first-order valence-corrected chi connectivity index (χ1v) is 6.36. The highest BCUT2D eigenvalue weighted by atomic mass is 16.5. The van der Waals surface area contributed by atoms with Gasteiger partial charge in [-0.3, -0.25) is 0 Å². The van der Waals surface area contributed by atoms with Crippen LogP contribution in [0.4, 0.5) is 0 Å². The molecule has 2 aromatic rings. The summed E-state index contributed by atoms with van der Waals surface area (Å²) < 4.78 is 5.25. The van der Waals surface area contributed by atoms with Crippen molar-refractivity contribution < 1.29 is 4.52 Å². The second-order valence-electron chi connectivity index (χ2n) is 4.51. The second kappa shape index (κ2) is 6.31.